The molecule has 2 amide bonds. The molecule has 8 nitrogen and oxygen atoms in total. The number of hydrogen-bond donors (Lipinski definition) is 3. The highest BCUT2D eigenvalue weighted by atomic mass is 32.1. The molecule has 1 unspecified atom stereocenters. The van der Waals surface area contributed by atoms with Crippen molar-refractivity contribution in [2.24, 2.45) is 4.99 Å². The number of pyridine rings is 1. The number of aliphatic imine (C=N–C) groups is 1. The van der Waals surface area contributed by atoms with Gasteiger partial charge in [-0.05, 0) is 58.9 Å². The largest absolute Gasteiger partial charge is 0.408 e. The fourth-order valence-corrected chi connectivity index (χ4v) is 4.99. The van der Waals surface area contributed by atoms with Crippen LogP contribution in [0.2, 0.25) is 0 Å². The van der Waals surface area contributed by atoms with Crippen LogP contribution in [0.4, 0.5) is 27.8 Å². The minimum atomic E-state index is -4.63. The average molecular weight is 578 g/mol. The molecule has 5 atom stereocenters. The molecule has 1 saturated carbocycles. The number of rotatable bonds is 9. The smallest absolute Gasteiger partial charge is 0.393 e. The number of thiocarbonyl (C=S) groups is 1. The number of hydrogen-bond acceptors (Lipinski definition) is 7. The number of anilines is 1. The summed E-state index contributed by atoms with van der Waals surface area (Å²) in [5, 5.41) is 14.5. The Morgan fingerprint density at radius 2 is 1.95 bits per heavy atom. The van der Waals surface area contributed by atoms with Crippen molar-refractivity contribution < 1.29 is 36.6 Å². The van der Waals surface area contributed by atoms with Crippen LogP contribution >= 0.6 is 12.2 Å². The Kier molecular flexibility index (Phi) is 9.97. The van der Waals surface area contributed by atoms with Gasteiger partial charge in [0.15, 0.2) is 6.04 Å². The summed E-state index contributed by atoms with van der Waals surface area (Å²) in [6.07, 6.45) is -4.47. The minimum Gasteiger partial charge on any atom is -0.393 e. The molecule has 2 heterocycles. The lowest BCUT2D eigenvalue weighted by Crippen LogP contribution is -2.45. The zero-order chi connectivity index (χ0) is 29.1. The normalized spacial score (nSPS) is 23.6. The zero-order valence-electron chi connectivity index (χ0n) is 21.8. The van der Waals surface area contributed by atoms with Crippen LogP contribution in [0.15, 0.2) is 17.3 Å². The summed E-state index contributed by atoms with van der Waals surface area (Å²) < 4.78 is 67.0. The molecule has 14 heteroatoms. The number of likely N-dealkylation sites (tertiary alicyclic amines) is 1. The number of aromatic nitrogens is 1. The monoisotopic (exact) mass is 577 g/mol. The second kappa shape index (κ2) is 12.6. The third-order valence-electron chi connectivity index (χ3n) is 7.00. The first-order chi connectivity index (χ1) is 18.2. The van der Waals surface area contributed by atoms with Crippen LogP contribution in [-0.4, -0.2) is 80.4 Å². The Labute approximate surface area is 228 Å². The van der Waals surface area contributed by atoms with Crippen LogP contribution < -0.4 is 10.6 Å². The van der Waals surface area contributed by atoms with Gasteiger partial charge in [0.1, 0.15) is 11.9 Å². The van der Waals surface area contributed by atoms with Crippen LogP contribution in [0.1, 0.15) is 70.4 Å². The van der Waals surface area contributed by atoms with E-state index in [4.69, 9.17) is 12.2 Å². The van der Waals surface area contributed by atoms with Gasteiger partial charge in [-0.25, -0.2) is 13.8 Å². The van der Waals surface area contributed by atoms with Gasteiger partial charge in [-0.3, -0.25) is 14.6 Å². The number of carbonyl (C=O) groups excluding carboxylic acids is 2. The van der Waals surface area contributed by atoms with E-state index in [2.05, 4.69) is 15.3 Å². The fraction of sp³-hybridized carbons (Fsp3) is 0.640. The van der Waals surface area contributed by atoms with E-state index in [1.165, 1.54) is 11.8 Å². The lowest BCUT2D eigenvalue weighted by atomic mass is 10.0. The number of nitrogens with one attached hydrogen (secondary N) is 2. The van der Waals surface area contributed by atoms with Crippen LogP contribution in [0.25, 0.3) is 0 Å². The topological polar surface area (TPSA) is 107 Å². The van der Waals surface area contributed by atoms with Gasteiger partial charge < -0.3 is 20.6 Å². The average Bonchev–Trinajstić information content (AvgIpc) is 3.48. The molecule has 1 saturated heterocycles. The molecule has 3 N–H and O–H groups in total. The van der Waals surface area contributed by atoms with Gasteiger partial charge in [0.25, 0.3) is 18.2 Å². The molecule has 0 aromatic carbocycles. The standard InChI is InChI=1S/C25H32F5N5O3S/c1-12-5-4-8-35(12)24(38)20(32-13(2)23(37)34-15-6-7-16(36)9-15)21(39)18-11-31-19(10-17(18)22(26)27)33-14(3)25(28,29)30/h10-12,14-16,20,22,36H,4-9H2,1-3H3,(H,31,33)(H,34,37)/b32-13+/t12-,14-,15-,16-,20?/m0/s1. The van der Waals surface area contributed by atoms with Gasteiger partial charge in [0.05, 0.1) is 16.7 Å². The van der Waals surface area contributed by atoms with Gasteiger partial charge in [0.2, 0.25) is 0 Å². The molecule has 0 spiro atoms. The first kappa shape index (κ1) is 30.8. The molecular formula is C25H32F5N5O3S. The van der Waals surface area contributed by atoms with E-state index in [9.17, 15) is 36.6 Å². The molecule has 39 heavy (non-hydrogen) atoms. The quantitative estimate of drug-likeness (QED) is 0.178. The molecule has 0 bridgehead atoms. The third-order valence-corrected chi connectivity index (χ3v) is 7.44. The highest BCUT2D eigenvalue weighted by Gasteiger charge is 2.38. The summed E-state index contributed by atoms with van der Waals surface area (Å²) in [5.74, 6) is -1.59. The Morgan fingerprint density at radius 1 is 1.26 bits per heavy atom. The maximum Gasteiger partial charge on any atom is 0.408 e. The number of nitrogens with zero attached hydrogens (tertiary/aromatic N) is 3. The maximum atomic E-state index is 14.1. The van der Waals surface area contributed by atoms with Crippen molar-refractivity contribution >= 4 is 40.4 Å². The first-order valence-corrected chi connectivity index (χ1v) is 13.1. The Hall–Kier alpha value is -2.74. The van der Waals surface area contributed by atoms with Crippen molar-refractivity contribution in [3.8, 4) is 0 Å². The molecule has 0 radical (unpaired) electrons. The van der Waals surface area contributed by atoms with Gasteiger partial charge in [-0.1, -0.05) is 12.2 Å². The number of halogens is 5. The van der Waals surface area contributed by atoms with Gasteiger partial charge in [0, 0.05) is 36.0 Å². The third kappa shape index (κ3) is 7.68. The van der Waals surface area contributed by atoms with E-state index >= 15 is 0 Å². The van der Waals surface area contributed by atoms with Crippen molar-refractivity contribution in [2.45, 2.75) is 95.7 Å². The van der Waals surface area contributed by atoms with E-state index in [1.807, 2.05) is 12.2 Å². The minimum absolute atomic E-state index is 0.104. The van der Waals surface area contributed by atoms with Crippen molar-refractivity contribution in [1.82, 2.24) is 15.2 Å². The summed E-state index contributed by atoms with van der Waals surface area (Å²) in [7, 11) is 0. The van der Waals surface area contributed by atoms with Crippen LogP contribution in [0.5, 0.6) is 0 Å². The first-order valence-electron chi connectivity index (χ1n) is 12.7. The molecule has 1 aliphatic heterocycles. The molecule has 1 aromatic rings. The van der Waals surface area contributed by atoms with E-state index < -0.39 is 54.0 Å². The lowest BCUT2D eigenvalue weighted by Gasteiger charge is -2.26. The Bertz CT molecular complexity index is 1120. The fourth-order valence-electron chi connectivity index (χ4n) is 4.66. The van der Waals surface area contributed by atoms with E-state index in [-0.39, 0.29) is 28.2 Å². The molecular weight excluding hydrogens is 545 g/mol. The number of aliphatic hydroxyl groups excluding tert-OH is 1. The number of amides is 2. The molecule has 1 aliphatic carbocycles. The summed E-state index contributed by atoms with van der Waals surface area (Å²) >= 11 is 5.46. The lowest BCUT2D eigenvalue weighted by molar-refractivity contribution is -0.138. The van der Waals surface area contributed by atoms with Gasteiger partial charge in [-0.2, -0.15) is 13.2 Å². The molecule has 2 fully saturated rings. The van der Waals surface area contributed by atoms with E-state index in [0.717, 1.165) is 32.0 Å². The number of aliphatic hydroxyl groups is 1. The van der Waals surface area contributed by atoms with Crippen molar-refractivity contribution in [3.05, 3.63) is 23.4 Å². The zero-order valence-corrected chi connectivity index (χ0v) is 22.6. The SMILES string of the molecule is C/C(=N\C(C(=O)N1CCC[C@@H]1C)C(=S)c1cnc(N[C@@H](C)C(F)(F)F)cc1C(F)F)C(=O)N[C@H]1CC[C@H](O)C1. The predicted molar refractivity (Wildman–Crippen MR) is 139 cm³/mol. The van der Waals surface area contributed by atoms with E-state index in [0.29, 0.717) is 25.8 Å². The van der Waals surface area contributed by atoms with Crippen molar-refractivity contribution in [3.63, 3.8) is 0 Å². The molecule has 3 rings (SSSR count). The van der Waals surface area contributed by atoms with Crippen LogP contribution in [0.3, 0.4) is 0 Å². The second-order valence-corrected chi connectivity index (χ2v) is 10.4. The van der Waals surface area contributed by atoms with Gasteiger partial charge >= 0.3 is 6.18 Å². The highest BCUT2D eigenvalue weighted by Crippen LogP contribution is 2.30. The Balaban J connectivity index is 1.94. The molecule has 2 aliphatic rings. The van der Waals surface area contributed by atoms with Crippen LogP contribution in [-0.2, 0) is 9.59 Å². The maximum absolute atomic E-state index is 14.1. The summed E-state index contributed by atoms with van der Waals surface area (Å²) in [5.41, 5.74) is -1.13. The summed E-state index contributed by atoms with van der Waals surface area (Å²) in [6, 6.07) is -3.22. The van der Waals surface area contributed by atoms with Gasteiger partial charge in [-0.15, -0.1) is 0 Å². The summed E-state index contributed by atoms with van der Waals surface area (Å²) in [4.78, 5) is 35.6. The second-order valence-electron chi connectivity index (χ2n) is 10.0. The van der Waals surface area contributed by atoms with Crippen LogP contribution in [0, 0.1) is 0 Å². The molecule has 216 valence electrons. The van der Waals surface area contributed by atoms with Crippen molar-refractivity contribution in [2.75, 3.05) is 11.9 Å². The molecule has 1 aromatic heterocycles. The number of alkyl halides is 5. The Morgan fingerprint density at radius 3 is 2.49 bits per heavy atom. The number of carbonyl (C=O) groups is 2. The van der Waals surface area contributed by atoms with Crippen molar-refractivity contribution in [1.29, 1.82) is 0 Å². The van der Waals surface area contributed by atoms with E-state index in [1.54, 1.807) is 0 Å². The highest BCUT2D eigenvalue weighted by molar-refractivity contribution is 7.81. The predicted octanol–water partition coefficient (Wildman–Crippen LogP) is 3.97. The summed E-state index contributed by atoms with van der Waals surface area (Å²) in [6.45, 7) is 4.42.